The van der Waals surface area contributed by atoms with Crippen LogP contribution in [0.4, 0.5) is 11.4 Å². The van der Waals surface area contributed by atoms with Crippen LogP contribution in [-0.4, -0.2) is 75.4 Å². The maximum atomic E-state index is 14.7. The molecule has 0 heterocycles. The second kappa shape index (κ2) is 26.1. The first kappa shape index (κ1) is 51.7. The van der Waals surface area contributed by atoms with E-state index >= 15 is 0 Å². The van der Waals surface area contributed by atoms with Crippen molar-refractivity contribution in [2.45, 2.75) is 153 Å². The fourth-order valence-corrected chi connectivity index (χ4v) is 21.2. The molecule has 0 amide bonds. The zero-order valence-corrected chi connectivity index (χ0v) is 42.6. The van der Waals surface area contributed by atoms with E-state index in [0.29, 0.717) is 25.7 Å². The molecule has 320 valence electrons. The first-order valence-electron chi connectivity index (χ1n) is 19.8. The van der Waals surface area contributed by atoms with Crippen LogP contribution in [0.15, 0.2) is 60.7 Å². The van der Waals surface area contributed by atoms with Crippen molar-refractivity contribution < 1.29 is 37.6 Å². The molecule has 8 unspecified atom stereocenters. The summed E-state index contributed by atoms with van der Waals surface area (Å²) >= 11 is 3.65. The van der Waals surface area contributed by atoms with Crippen LogP contribution in [0.2, 0.25) is 9.50 Å². The number of hydrogen-bond donors (Lipinski definition) is 4. The Hall–Kier alpha value is -1.39. The molecule has 0 bridgehead atoms. The van der Waals surface area contributed by atoms with E-state index in [1.807, 2.05) is 116 Å². The van der Waals surface area contributed by atoms with Crippen molar-refractivity contribution in [1.29, 1.82) is 0 Å². The molecular weight excluding hydrogens is 928 g/mol. The zero-order chi connectivity index (χ0) is 42.8. The molecule has 19 heteroatoms. The number of nitrogens with one attached hydrogen (secondary N) is 4. The van der Waals surface area contributed by atoms with Crippen molar-refractivity contribution in [3.63, 3.8) is 0 Å². The predicted molar refractivity (Wildman–Crippen MR) is 240 cm³/mol. The standard InChI is InChI=1S/C38H64Ge2N4O9P2S2/c1-11-29(7)49-54(47,50-30(8)12-2)35(43-37(56)41-33-21-17-15-18-22-33)25-27(5)39(45)53-40(46)28(6)26-36(44-38(57)42-34-23-19-16-20-24-34)55(48,51-31(9)13-3)52-32(10)14-4/h15-24,27-32,35-36H,11-14,25-26H2,1-10H3,(H2,41,43,56)(H2,42,44,57). The Bertz CT molecular complexity index is 1520. The molecule has 0 radical (unpaired) electrons. The minimum atomic E-state index is -3.94. The molecule has 2 rings (SSSR count). The van der Waals surface area contributed by atoms with Crippen molar-refractivity contribution in [2.75, 3.05) is 10.6 Å². The van der Waals surface area contributed by atoms with Gasteiger partial charge >= 0.3 is 363 Å². The van der Waals surface area contributed by atoms with Crippen molar-refractivity contribution >= 4 is 90.5 Å². The molecule has 0 aliphatic rings. The van der Waals surface area contributed by atoms with E-state index in [0.717, 1.165) is 11.4 Å². The van der Waals surface area contributed by atoms with Crippen LogP contribution < -0.4 is 21.3 Å². The summed E-state index contributed by atoms with van der Waals surface area (Å²) < 4.78 is 86.4. The van der Waals surface area contributed by atoms with E-state index in [-0.39, 0.29) is 23.1 Å². The van der Waals surface area contributed by atoms with Gasteiger partial charge in [-0.1, -0.05) is 0 Å². The number of thiocarbonyl (C=S) groups is 2. The average Bonchev–Trinajstić information content (AvgIpc) is 3.17. The molecule has 0 aliphatic heterocycles. The predicted octanol–water partition coefficient (Wildman–Crippen LogP) is 10.7. The molecule has 57 heavy (non-hydrogen) atoms. The van der Waals surface area contributed by atoms with Crippen LogP contribution in [0.25, 0.3) is 0 Å². The van der Waals surface area contributed by atoms with Gasteiger partial charge < -0.3 is 0 Å². The van der Waals surface area contributed by atoms with Gasteiger partial charge in [-0.15, -0.1) is 0 Å². The summed E-state index contributed by atoms with van der Waals surface area (Å²) in [6, 6.07) is 18.5. The Morgan fingerprint density at radius 1 is 0.561 bits per heavy atom. The molecule has 2 aromatic carbocycles. The maximum absolute atomic E-state index is 14.7. The Morgan fingerprint density at radius 3 is 1.11 bits per heavy atom. The van der Waals surface area contributed by atoms with Gasteiger partial charge in [0.05, 0.1) is 0 Å². The van der Waals surface area contributed by atoms with Crippen LogP contribution in [0.5, 0.6) is 0 Å². The number of hydrogen-bond acceptors (Lipinski definition) is 11. The monoisotopic (exact) mass is 994 g/mol. The normalized spacial score (nSPS) is 17.8. The number of rotatable bonds is 26. The van der Waals surface area contributed by atoms with Crippen LogP contribution in [0.3, 0.4) is 0 Å². The van der Waals surface area contributed by atoms with Crippen LogP contribution in [0, 0.1) is 0 Å². The average molecular weight is 992 g/mol. The molecule has 8 atom stereocenters. The summed E-state index contributed by atoms with van der Waals surface area (Å²) in [5.74, 6) is -2.00. The second-order valence-corrected chi connectivity index (χ2v) is 28.9. The third kappa shape index (κ3) is 18.4. The number of para-hydroxylation sites is 2. The topological polar surface area (TPSA) is 163 Å². The summed E-state index contributed by atoms with van der Waals surface area (Å²) in [5.41, 5.74) is 1.44. The summed E-state index contributed by atoms with van der Waals surface area (Å²) in [5, 5.41) is 12.8. The molecule has 0 spiro atoms. The molecule has 0 aliphatic carbocycles. The zero-order valence-electron chi connectivity index (χ0n) is 35.0. The molecular formula is C38H64Ge2N4O9P2S2. The fraction of sp³-hybridized carbons (Fsp3) is 0.632. The number of anilines is 2. The first-order chi connectivity index (χ1) is 26.9. The first-order valence-corrected chi connectivity index (χ1v) is 29.7. The molecule has 0 saturated heterocycles. The van der Waals surface area contributed by atoms with E-state index in [1.54, 1.807) is 13.8 Å². The van der Waals surface area contributed by atoms with E-state index in [9.17, 15) is 16.7 Å². The SMILES string of the molecule is CCC(C)OP(=O)(OC(C)CC)C(C[CH](C)[Ge](=[O])[O][Ge](=[O])[CH](C)CC(NC(=S)Nc1ccccc1)P(=O)(OC(C)CC)OC(C)CC)NC(=S)Nc1ccccc1. The Labute approximate surface area is 361 Å². The van der Waals surface area contributed by atoms with Crippen molar-refractivity contribution in [3.05, 3.63) is 60.7 Å². The third-order valence-corrected chi connectivity index (χ3v) is 24.0. The van der Waals surface area contributed by atoms with Gasteiger partial charge in [-0.05, 0) is 0 Å². The van der Waals surface area contributed by atoms with Gasteiger partial charge in [0, 0.05) is 0 Å². The van der Waals surface area contributed by atoms with Crippen LogP contribution in [-0.2, 0) is 37.6 Å². The summed E-state index contributed by atoms with van der Waals surface area (Å²) in [4.78, 5) is 0. The van der Waals surface area contributed by atoms with Gasteiger partial charge in [-0.3, -0.25) is 0 Å². The molecule has 0 saturated carbocycles. The quantitative estimate of drug-likeness (QED) is 0.0400. The minimum absolute atomic E-state index is 0.0316. The molecule has 2 aromatic rings. The van der Waals surface area contributed by atoms with Crippen LogP contribution in [0.1, 0.15) is 108 Å². The second-order valence-electron chi connectivity index (χ2n) is 14.4. The van der Waals surface area contributed by atoms with E-state index in [2.05, 4.69) is 21.3 Å². The van der Waals surface area contributed by atoms with Gasteiger partial charge in [0.15, 0.2) is 0 Å². The third-order valence-electron chi connectivity index (χ3n) is 9.19. The Morgan fingerprint density at radius 2 is 0.842 bits per heavy atom. The Kier molecular flexibility index (Phi) is 23.7. The number of benzene rings is 2. The van der Waals surface area contributed by atoms with Crippen LogP contribution >= 0.6 is 39.6 Å². The van der Waals surface area contributed by atoms with Crippen molar-refractivity contribution in [3.8, 4) is 0 Å². The summed E-state index contributed by atoms with van der Waals surface area (Å²) in [6.07, 6.45) is 0.757. The fourth-order valence-electron chi connectivity index (χ4n) is 5.02. The van der Waals surface area contributed by atoms with Gasteiger partial charge in [0.1, 0.15) is 0 Å². The van der Waals surface area contributed by atoms with Gasteiger partial charge in [-0.25, -0.2) is 0 Å². The van der Waals surface area contributed by atoms with E-state index < -0.39 is 89.9 Å². The van der Waals surface area contributed by atoms with E-state index in [1.165, 1.54) is 0 Å². The molecule has 13 nitrogen and oxygen atoms in total. The van der Waals surface area contributed by atoms with Gasteiger partial charge in [-0.2, -0.15) is 0 Å². The Balaban J connectivity index is 2.37. The molecule has 4 N–H and O–H groups in total. The summed E-state index contributed by atoms with van der Waals surface area (Å²) in [7, 11) is -7.88. The van der Waals surface area contributed by atoms with Gasteiger partial charge in [0.25, 0.3) is 0 Å². The van der Waals surface area contributed by atoms with Gasteiger partial charge in [0.2, 0.25) is 0 Å². The molecule has 0 fully saturated rings. The van der Waals surface area contributed by atoms with E-state index in [4.69, 9.17) is 45.3 Å². The van der Waals surface area contributed by atoms with Crippen molar-refractivity contribution in [2.24, 2.45) is 0 Å². The molecule has 0 aromatic heterocycles. The van der Waals surface area contributed by atoms with Crippen molar-refractivity contribution in [1.82, 2.24) is 10.6 Å². The summed E-state index contributed by atoms with van der Waals surface area (Å²) in [6.45, 7) is 18.3.